The van der Waals surface area contributed by atoms with Gasteiger partial charge in [-0.05, 0) is 49.2 Å². The molecule has 0 unspecified atom stereocenters. The predicted octanol–water partition coefficient (Wildman–Crippen LogP) is 5.85. The lowest BCUT2D eigenvalue weighted by Gasteiger charge is -2.25. The molecule has 1 aliphatic rings. The number of aromatic nitrogens is 5. The molecule has 2 aromatic carbocycles. The summed E-state index contributed by atoms with van der Waals surface area (Å²) < 4.78 is 29.8. The Hall–Kier alpha value is -3.19. The minimum atomic E-state index is -3.88. The quantitative estimate of drug-likeness (QED) is 0.223. The highest BCUT2D eigenvalue weighted by Gasteiger charge is 2.24. The maximum atomic E-state index is 12.8. The van der Waals surface area contributed by atoms with Crippen molar-refractivity contribution >= 4 is 63.2 Å². The van der Waals surface area contributed by atoms with E-state index >= 15 is 0 Å². The summed E-state index contributed by atoms with van der Waals surface area (Å²) in [7, 11) is -3.88. The van der Waals surface area contributed by atoms with Crippen LogP contribution in [0.4, 0.5) is 11.5 Å². The zero-order valence-corrected chi connectivity index (χ0v) is 24.4. The largest absolute Gasteiger partial charge is 0.325 e. The van der Waals surface area contributed by atoms with Gasteiger partial charge in [-0.3, -0.25) is 14.1 Å². The molecule has 14 heteroatoms. The van der Waals surface area contributed by atoms with Gasteiger partial charge in [0.25, 0.3) is 10.0 Å². The van der Waals surface area contributed by atoms with Crippen LogP contribution in [-0.4, -0.2) is 45.0 Å². The summed E-state index contributed by atoms with van der Waals surface area (Å²) in [6.07, 6.45) is 5.68. The molecule has 0 spiro atoms. The summed E-state index contributed by atoms with van der Waals surface area (Å²) in [5.74, 6) is 0.770. The molecular formula is C26H27Cl2N7O3S2. The molecule has 210 valence electrons. The van der Waals surface area contributed by atoms with Crippen molar-refractivity contribution in [3.63, 3.8) is 0 Å². The van der Waals surface area contributed by atoms with Gasteiger partial charge >= 0.3 is 0 Å². The number of carbonyl (C=O) groups is 1. The molecule has 0 atom stereocenters. The van der Waals surface area contributed by atoms with E-state index in [1.165, 1.54) is 54.6 Å². The summed E-state index contributed by atoms with van der Waals surface area (Å²) in [4.78, 5) is 12.8. The SMILES string of the molecule is Cl.O=C(CSc1nnc(-c2ccccc2)n1C1CCCCC1)Nc1ccc(S(=O)(=O)Nc2ccc(Cl)nn2)cc1. The Balaban J connectivity index is 0.00000370. The van der Waals surface area contributed by atoms with E-state index in [0.717, 1.165) is 37.1 Å². The summed E-state index contributed by atoms with van der Waals surface area (Å²) >= 11 is 7.03. The van der Waals surface area contributed by atoms with Crippen LogP contribution in [0.2, 0.25) is 5.15 Å². The summed E-state index contributed by atoms with van der Waals surface area (Å²) in [5.41, 5.74) is 1.48. The summed E-state index contributed by atoms with van der Waals surface area (Å²) in [6.45, 7) is 0. The van der Waals surface area contributed by atoms with E-state index in [9.17, 15) is 13.2 Å². The second-order valence-electron chi connectivity index (χ2n) is 9.04. The van der Waals surface area contributed by atoms with E-state index < -0.39 is 10.0 Å². The van der Waals surface area contributed by atoms with Crippen molar-refractivity contribution < 1.29 is 13.2 Å². The van der Waals surface area contributed by atoms with Crippen molar-refractivity contribution in [1.82, 2.24) is 25.0 Å². The maximum absolute atomic E-state index is 12.8. The number of anilines is 2. The number of rotatable bonds is 9. The molecule has 0 bridgehead atoms. The molecular weight excluding hydrogens is 593 g/mol. The molecule has 2 N–H and O–H groups in total. The number of amides is 1. The van der Waals surface area contributed by atoms with Crippen LogP contribution in [-0.2, 0) is 14.8 Å². The zero-order valence-electron chi connectivity index (χ0n) is 21.2. The topological polar surface area (TPSA) is 132 Å². The van der Waals surface area contributed by atoms with Crippen molar-refractivity contribution in [1.29, 1.82) is 0 Å². The van der Waals surface area contributed by atoms with Gasteiger partial charge in [0.1, 0.15) is 0 Å². The van der Waals surface area contributed by atoms with Crippen molar-refractivity contribution in [2.45, 2.75) is 48.2 Å². The average Bonchev–Trinajstić information content (AvgIpc) is 3.38. The lowest BCUT2D eigenvalue weighted by atomic mass is 9.95. The Bertz CT molecular complexity index is 1530. The standard InChI is InChI=1S/C26H26ClN7O3S2.ClH/c27-22-15-16-23(30-29-22)33-39(36,37)21-13-11-19(12-14-21)28-24(35)17-38-26-32-31-25(18-7-3-1-4-8-18)34(26)20-9-5-2-6-10-20;/h1,3-4,7-8,11-16,20H,2,5-6,9-10,17H2,(H,28,35)(H,30,33);1H. The molecule has 0 radical (unpaired) electrons. The molecule has 5 rings (SSSR count). The Morgan fingerprint density at radius 2 is 1.65 bits per heavy atom. The molecule has 4 aromatic rings. The third-order valence-corrected chi connectivity index (χ3v) is 8.80. The Kier molecular flexibility index (Phi) is 10.0. The number of benzene rings is 2. The molecule has 0 saturated heterocycles. The summed E-state index contributed by atoms with van der Waals surface area (Å²) in [6, 6.07) is 19.0. The highest BCUT2D eigenvalue weighted by atomic mass is 35.5. The van der Waals surface area contributed by atoms with Gasteiger partial charge in [-0.15, -0.1) is 32.8 Å². The van der Waals surface area contributed by atoms with E-state index in [1.807, 2.05) is 30.3 Å². The number of sulfonamides is 1. The first kappa shape index (κ1) is 29.8. The number of nitrogens with zero attached hydrogens (tertiary/aromatic N) is 5. The van der Waals surface area contributed by atoms with Crippen molar-refractivity contribution in [2.75, 3.05) is 15.8 Å². The normalized spacial score (nSPS) is 13.8. The number of halogens is 2. The van der Waals surface area contributed by atoms with Crippen LogP contribution >= 0.6 is 35.8 Å². The molecule has 2 heterocycles. The molecule has 1 saturated carbocycles. The Morgan fingerprint density at radius 3 is 2.33 bits per heavy atom. The van der Waals surface area contributed by atoms with E-state index in [4.69, 9.17) is 11.6 Å². The molecule has 10 nitrogen and oxygen atoms in total. The van der Waals surface area contributed by atoms with Gasteiger partial charge in [-0.2, -0.15) is 0 Å². The lowest BCUT2D eigenvalue weighted by molar-refractivity contribution is -0.113. The Morgan fingerprint density at radius 1 is 0.925 bits per heavy atom. The van der Waals surface area contributed by atoms with E-state index in [1.54, 1.807) is 0 Å². The van der Waals surface area contributed by atoms with Crippen molar-refractivity contribution in [2.24, 2.45) is 0 Å². The molecule has 1 aliphatic carbocycles. The van der Waals surface area contributed by atoms with Crippen LogP contribution in [0.1, 0.15) is 38.1 Å². The minimum Gasteiger partial charge on any atom is -0.325 e. The number of carbonyl (C=O) groups excluding carboxylic acids is 1. The molecule has 1 amide bonds. The first-order valence-electron chi connectivity index (χ1n) is 12.4. The number of nitrogens with one attached hydrogen (secondary N) is 2. The predicted molar refractivity (Wildman–Crippen MR) is 158 cm³/mol. The molecule has 1 fully saturated rings. The molecule has 2 aromatic heterocycles. The first-order valence-corrected chi connectivity index (χ1v) is 15.3. The first-order chi connectivity index (χ1) is 18.9. The van der Waals surface area contributed by atoms with E-state index in [-0.39, 0.29) is 39.9 Å². The highest BCUT2D eigenvalue weighted by molar-refractivity contribution is 7.99. The van der Waals surface area contributed by atoms with E-state index in [2.05, 4.69) is 35.0 Å². The smallest absolute Gasteiger partial charge is 0.263 e. The van der Waals surface area contributed by atoms with Crippen LogP contribution in [0.25, 0.3) is 11.4 Å². The molecule has 0 aliphatic heterocycles. The van der Waals surface area contributed by atoms with Crippen LogP contribution in [0, 0.1) is 0 Å². The second-order valence-corrected chi connectivity index (χ2v) is 12.1. The third-order valence-electron chi connectivity index (χ3n) is 6.29. The maximum Gasteiger partial charge on any atom is 0.263 e. The van der Waals surface area contributed by atoms with Gasteiger partial charge in [0.15, 0.2) is 22.0 Å². The Labute approximate surface area is 247 Å². The van der Waals surface area contributed by atoms with E-state index in [0.29, 0.717) is 16.9 Å². The highest BCUT2D eigenvalue weighted by Crippen LogP contribution is 2.35. The van der Waals surface area contributed by atoms with Gasteiger partial charge in [0.05, 0.1) is 10.6 Å². The number of hydrogen-bond acceptors (Lipinski definition) is 8. The van der Waals surface area contributed by atoms with Crippen LogP contribution < -0.4 is 10.0 Å². The third kappa shape index (κ3) is 7.30. The summed E-state index contributed by atoms with van der Waals surface area (Å²) in [5, 5.41) is 19.9. The second kappa shape index (κ2) is 13.4. The van der Waals surface area contributed by atoms with Gasteiger partial charge in [-0.25, -0.2) is 8.42 Å². The van der Waals surface area contributed by atoms with Crippen molar-refractivity contribution in [3.05, 3.63) is 71.9 Å². The lowest BCUT2D eigenvalue weighted by Crippen LogP contribution is -2.17. The number of thioether (sulfide) groups is 1. The fraction of sp³-hybridized carbons (Fsp3) is 0.269. The van der Waals surface area contributed by atoms with Crippen molar-refractivity contribution in [3.8, 4) is 11.4 Å². The monoisotopic (exact) mass is 619 g/mol. The number of hydrogen-bond donors (Lipinski definition) is 2. The minimum absolute atomic E-state index is 0. The van der Waals surface area contributed by atoms with Crippen LogP contribution in [0.5, 0.6) is 0 Å². The fourth-order valence-electron chi connectivity index (χ4n) is 4.44. The van der Waals surface area contributed by atoms with Gasteiger partial charge in [0.2, 0.25) is 5.91 Å². The van der Waals surface area contributed by atoms with Gasteiger partial charge in [0, 0.05) is 17.3 Å². The van der Waals surface area contributed by atoms with Gasteiger partial charge < -0.3 is 5.32 Å². The average molecular weight is 621 g/mol. The molecule has 40 heavy (non-hydrogen) atoms. The zero-order chi connectivity index (χ0) is 27.2. The fourth-order valence-corrected chi connectivity index (χ4v) is 6.34. The van der Waals surface area contributed by atoms with Gasteiger partial charge in [-0.1, -0.05) is 73.0 Å². The van der Waals surface area contributed by atoms with Crippen LogP contribution in [0.3, 0.4) is 0 Å². The van der Waals surface area contributed by atoms with Crippen LogP contribution in [0.15, 0.2) is 76.8 Å².